The Bertz CT molecular complexity index is 708. The molecule has 0 saturated heterocycles. The van der Waals surface area contributed by atoms with Crippen molar-refractivity contribution in [1.82, 2.24) is 25.3 Å². The average molecular weight is 299 g/mol. The van der Waals surface area contributed by atoms with E-state index < -0.39 is 0 Å². The SMILES string of the molecule is O=C(Cc1cccs1)NCc1cn(-c2cccnc2)nn1. The zero-order valence-electron chi connectivity index (χ0n) is 11.1. The molecule has 0 aliphatic heterocycles. The van der Waals surface area contributed by atoms with E-state index in [2.05, 4.69) is 20.6 Å². The Morgan fingerprint density at radius 1 is 1.33 bits per heavy atom. The summed E-state index contributed by atoms with van der Waals surface area (Å²) < 4.78 is 1.63. The van der Waals surface area contributed by atoms with Crippen LogP contribution in [-0.2, 0) is 17.8 Å². The molecule has 0 aliphatic carbocycles. The van der Waals surface area contributed by atoms with Crippen LogP contribution in [-0.4, -0.2) is 25.9 Å². The van der Waals surface area contributed by atoms with Gasteiger partial charge < -0.3 is 5.32 Å². The third kappa shape index (κ3) is 3.51. The van der Waals surface area contributed by atoms with Crippen LogP contribution in [0.4, 0.5) is 0 Å². The maximum Gasteiger partial charge on any atom is 0.225 e. The molecule has 21 heavy (non-hydrogen) atoms. The lowest BCUT2D eigenvalue weighted by Crippen LogP contribution is -2.24. The minimum absolute atomic E-state index is 0.0200. The van der Waals surface area contributed by atoms with E-state index in [9.17, 15) is 4.79 Å². The van der Waals surface area contributed by atoms with Crippen LogP contribution in [0.1, 0.15) is 10.6 Å². The van der Waals surface area contributed by atoms with Gasteiger partial charge in [0.1, 0.15) is 5.69 Å². The van der Waals surface area contributed by atoms with Gasteiger partial charge in [-0.15, -0.1) is 16.4 Å². The van der Waals surface area contributed by atoms with E-state index in [4.69, 9.17) is 0 Å². The molecule has 1 amide bonds. The van der Waals surface area contributed by atoms with Crippen molar-refractivity contribution in [3.8, 4) is 5.69 Å². The Morgan fingerprint density at radius 2 is 2.29 bits per heavy atom. The highest BCUT2D eigenvalue weighted by atomic mass is 32.1. The quantitative estimate of drug-likeness (QED) is 0.776. The molecule has 7 heteroatoms. The molecular formula is C14H13N5OS. The number of thiophene rings is 1. The second-order valence-corrected chi connectivity index (χ2v) is 5.43. The summed E-state index contributed by atoms with van der Waals surface area (Å²) in [5, 5.41) is 12.9. The summed E-state index contributed by atoms with van der Waals surface area (Å²) in [7, 11) is 0. The van der Waals surface area contributed by atoms with Crippen molar-refractivity contribution in [1.29, 1.82) is 0 Å². The van der Waals surface area contributed by atoms with E-state index in [1.165, 1.54) is 0 Å². The molecular weight excluding hydrogens is 286 g/mol. The van der Waals surface area contributed by atoms with Gasteiger partial charge in [0.2, 0.25) is 5.91 Å². The van der Waals surface area contributed by atoms with Crippen LogP contribution in [0.3, 0.4) is 0 Å². The first-order valence-corrected chi connectivity index (χ1v) is 7.30. The molecule has 3 aromatic heterocycles. The first kappa shape index (κ1) is 13.4. The predicted octanol–water partition coefficient (Wildman–Crippen LogP) is 1.58. The van der Waals surface area contributed by atoms with Crippen molar-refractivity contribution in [2.75, 3.05) is 0 Å². The number of nitrogens with one attached hydrogen (secondary N) is 1. The number of carbonyl (C=O) groups excluding carboxylic acids is 1. The highest BCUT2D eigenvalue weighted by Gasteiger charge is 2.07. The topological polar surface area (TPSA) is 72.7 Å². The van der Waals surface area contributed by atoms with Crippen molar-refractivity contribution in [2.45, 2.75) is 13.0 Å². The molecule has 0 bridgehead atoms. The number of nitrogens with zero attached hydrogens (tertiary/aromatic N) is 4. The van der Waals surface area contributed by atoms with Crippen LogP contribution >= 0.6 is 11.3 Å². The van der Waals surface area contributed by atoms with Crippen molar-refractivity contribution in [3.63, 3.8) is 0 Å². The summed E-state index contributed by atoms with van der Waals surface area (Å²) in [6.07, 6.45) is 5.58. The van der Waals surface area contributed by atoms with Gasteiger partial charge in [0.05, 0.1) is 31.0 Å². The van der Waals surface area contributed by atoms with E-state index in [0.717, 1.165) is 10.6 Å². The monoisotopic (exact) mass is 299 g/mol. The molecule has 106 valence electrons. The Balaban J connectivity index is 1.56. The van der Waals surface area contributed by atoms with E-state index in [1.807, 2.05) is 29.6 Å². The fourth-order valence-corrected chi connectivity index (χ4v) is 2.52. The number of carbonyl (C=O) groups is 1. The van der Waals surface area contributed by atoms with Gasteiger partial charge in [-0.2, -0.15) is 0 Å². The second-order valence-electron chi connectivity index (χ2n) is 4.40. The van der Waals surface area contributed by atoms with Crippen LogP contribution in [0.2, 0.25) is 0 Å². The Kier molecular flexibility index (Phi) is 4.02. The molecule has 0 radical (unpaired) electrons. The standard InChI is InChI=1S/C14H13N5OS/c20-14(7-13-4-2-6-21-13)16-8-11-10-19(18-17-11)12-3-1-5-15-9-12/h1-6,9-10H,7-8H2,(H,16,20). The zero-order chi connectivity index (χ0) is 14.5. The van der Waals surface area contributed by atoms with Crippen LogP contribution < -0.4 is 5.32 Å². The predicted molar refractivity (Wildman–Crippen MR) is 79.0 cm³/mol. The van der Waals surface area contributed by atoms with Gasteiger partial charge in [-0.25, -0.2) is 4.68 Å². The van der Waals surface area contributed by atoms with E-state index in [0.29, 0.717) is 18.7 Å². The van der Waals surface area contributed by atoms with Crippen molar-refractivity contribution < 1.29 is 4.79 Å². The van der Waals surface area contributed by atoms with Crippen LogP contribution in [0, 0.1) is 0 Å². The maximum atomic E-state index is 11.8. The van der Waals surface area contributed by atoms with Gasteiger partial charge in [0.25, 0.3) is 0 Å². The lowest BCUT2D eigenvalue weighted by atomic mass is 10.3. The van der Waals surface area contributed by atoms with Crippen molar-refractivity contribution in [3.05, 3.63) is 58.8 Å². The third-order valence-corrected chi connectivity index (χ3v) is 3.71. The van der Waals surface area contributed by atoms with Crippen molar-refractivity contribution >= 4 is 17.2 Å². The Morgan fingerprint density at radius 3 is 3.05 bits per heavy atom. The average Bonchev–Trinajstić information content (AvgIpc) is 3.17. The molecule has 3 rings (SSSR count). The summed E-state index contributed by atoms with van der Waals surface area (Å²) in [5.41, 5.74) is 1.54. The molecule has 0 aliphatic rings. The Labute approximate surface area is 125 Å². The second kappa shape index (κ2) is 6.27. The van der Waals surface area contributed by atoms with Gasteiger partial charge in [-0.1, -0.05) is 11.3 Å². The maximum absolute atomic E-state index is 11.8. The first-order chi connectivity index (χ1) is 10.3. The molecule has 0 aromatic carbocycles. The molecule has 0 atom stereocenters. The lowest BCUT2D eigenvalue weighted by molar-refractivity contribution is -0.120. The largest absolute Gasteiger partial charge is 0.350 e. The molecule has 3 aromatic rings. The van der Waals surface area contributed by atoms with E-state index in [1.54, 1.807) is 34.6 Å². The summed E-state index contributed by atoms with van der Waals surface area (Å²) in [6, 6.07) is 7.61. The molecule has 6 nitrogen and oxygen atoms in total. The number of pyridine rings is 1. The summed E-state index contributed by atoms with van der Waals surface area (Å²) in [4.78, 5) is 16.9. The molecule has 3 heterocycles. The third-order valence-electron chi connectivity index (χ3n) is 2.83. The smallest absolute Gasteiger partial charge is 0.225 e. The number of hydrogen-bond acceptors (Lipinski definition) is 5. The fraction of sp³-hybridized carbons (Fsp3) is 0.143. The lowest BCUT2D eigenvalue weighted by Gasteiger charge is -2.01. The van der Waals surface area contributed by atoms with Gasteiger partial charge >= 0.3 is 0 Å². The molecule has 0 spiro atoms. The Hall–Kier alpha value is -2.54. The normalized spacial score (nSPS) is 10.5. The zero-order valence-corrected chi connectivity index (χ0v) is 12.0. The molecule has 0 unspecified atom stereocenters. The van der Waals surface area contributed by atoms with Crippen LogP contribution in [0.5, 0.6) is 0 Å². The van der Waals surface area contributed by atoms with Gasteiger partial charge in [-0.3, -0.25) is 9.78 Å². The van der Waals surface area contributed by atoms with Crippen LogP contribution in [0.15, 0.2) is 48.2 Å². The minimum Gasteiger partial charge on any atom is -0.350 e. The number of amides is 1. The number of hydrogen-bond donors (Lipinski definition) is 1. The molecule has 0 fully saturated rings. The fourth-order valence-electron chi connectivity index (χ4n) is 1.82. The molecule has 1 N–H and O–H groups in total. The number of rotatable bonds is 5. The highest BCUT2D eigenvalue weighted by molar-refractivity contribution is 7.10. The summed E-state index contributed by atoms with van der Waals surface area (Å²) in [5.74, 6) is -0.0200. The molecule has 0 saturated carbocycles. The summed E-state index contributed by atoms with van der Waals surface area (Å²) >= 11 is 1.57. The van der Waals surface area contributed by atoms with Gasteiger partial charge in [-0.05, 0) is 23.6 Å². The van der Waals surface area contributed by atoms with Gasteiger partial charge in [0.15, 0.2) is 0 Å². The highest BCUT2D eigenvalue weighted by Crippen LogP contribution is 2.09. The van der Waals surface area contributed by atoms with Crippen molar-refractivity contribution in [2.24, 2.45) is 0 Å². The number of aromatic nitrogens is 4. The first-order valence-electron chi connectivity index (χ1n) is 6.42. The summed E-state index contributed by atoms with van der Waals surface area (Å²) in [6.45, 7) is 0.366. The van der Waals surface area contributed by atoms with E-state index >= 15 is 0 Å². The van der Waals surface area contributed by atoms with E-state index in [-0.39, 0.29) is 5.91 Å². The van der Waals surface area contributed by atoms with Gasteiger partial charge in [0, 0.05) is 11.1 Å². The van der Waals surface area contributed by atoms with Crippen LogP contribution in [0.25, 0.3) is 5.69 Å². The minimum atomic E-state index is -0.0200.